The number of halogens is 2. The Balaban J connectivity index is 1.91. The van der Waals surface area contributed by atoms with E-state index < -0.39 is 40.1 Å². The van der Waals surface area contributed by atoms with E-state index in [9.17, 15) is 17.2 Å². The third-order valence-corrected chi connectivity index (χ3v) is 4.98. The van der Waals surface area contributed by atoms with Gasteiger partial charge in [-0.3, -0.25) is 0 Å². The second-order valence-corrected chi connectivity index (χ2v) is 7.18. The van der Waals surface area contributed by atoms with Gasteiger partial charge in [-0.25, -0.2) is 13.1 Å². The molecule has 0 amide bonds. The van der Waals surface area contributed by atoms with Crippen LogP contribution in [0.4, 0.5) is 14.7 Å². The molecule has 9 nitrogen and oxygen atoms in total. The highest BCUT2D eigenvalue weighted by Gasteiger charge is 2.24. The molecule has 3 rings (SSSR count). The quantitative estimate of drug-likeness (QED) is 0.569. The number of methoxy groups -OCH3 is 2. The maximum absolute atomic E-state index is 12.7. The Morgan fingerprint density at radius 1 is 1.07 bits per heavy atom. The maximum Gasteiger partial charge on any atom is 0.387 e. The van der Waals surface area contributed by atoms with E-state index in [4.69, 9.17) is 9.47 Å². The summed E-state index contributed by atoms with van der Waals surface area (Å²) in [6, 6.07) is 10.5. The first-order valence-corrected chi connectivity index (χ1v) is 9.54. The molecule has 0 aliphatic heterocycles. The number of ether oxygens (including phenoxy) is 3. The first-order valence-electron chi connectivity index (χ1n) is 8.05. The van der Waals surface area contributed by atoms with Crippen LogP contribution in [-0.2, 0) is 10.0 Å². The van der Waals surface area contributed by atoms with E-state index in [1.54, 1.807) is 0 Å². The van der Waals surface area contributed by atoms with E-state index in [-0.39, 0.29) is 4.90 Å². The molecular formula is C17H16F2N4O5S. The molecule has 0 spiro atoms. The van der Waals surface area contributed by atoms with Gasteiger partial charge in [-0.1, -0.05) is 30.3 Å². The molecule has 2 heterocycles. The molecule has 154 valence electrons. The smallest absolute Gasteiger partial charge is 0.387 e. The topological polar surface area (TPSA) is 115 Å². The Morgan fingerprint density at radius 3 is 2.24 bits per heavy atom. The summed E-state index contributed by atoms with van der Waals surface area (Å²) in [4.78, 5) is 10.3. The van der Waals surface area contributed by atoms with E-state index >= 15 is 0 Å². The number of hydrogen-bond acceptors (Lipinski definition) is 7. The number of rotatable bonds is 8. The lowest BCUT2D eigenvalue weighted by atomic mass is 10.2. The molecule has 0 unspecified atom stereocenters. The van der Waals surface area contributed by atoms with Crippen molar-refractivity contribution in [1.82, 2.24) is 15.0 Å². The standard InChI is InChI=1S/C17H16F2N4O5S/c1-26-14-13(28-16(18)19)15(27-2)22-17(21-14)23-29(24,25)11-8-12(20-9-11)10-6-4-3-5-7-10/h3-9,16,20H,1-2H3,(H,21,22,23). The fraction of sp³-hybridized carbons (Fsp3) is 0.176. The summed E-state index contributed by atoms with van der Waals surface area (Å²) in [5.74, 6) is -1.84. The maximum atomic E-state index is 12.7. The van der Waals surface area contributed by atoms with Crippen molar-refractivity contribution in [1.29, 1.82) is 0 Å². The van der Waals surface area contributed by atoms with Crippen LogP contribution in [0.25, 0.3) is 11.3 Å². The SMILES string of the molecule is COc1nc(NS(=O)(=O)c2c[nH]c(-c3ccccc3)c2)nc(OC)c1OC(F)F. The van der Waals surface area contributed by atoms with Crippen molar-refractivity contribution in [2.75, 3.05) is 18.9 Å². The van der Waals surface area contributed by atoms with Gasteiger partial charge in [0.2, 0.25) is 11.7 Å². The van der Waals surface area contributed by atoms with Crippen LogP contribution in [0.1, 0.15) is 0 Å². The molecule has 29 heavy (non-hydrogen) atoms. The highest BCUT2D eigenvalue weighted by molar-refractivity contribution is 7.92. The van der Waals surface area contributed by atoms with Crippen molar-refractivity contribution in [3.8, 4) is 28.8 Å². The summed E-state index contributed by atoms with van der Waals surface area (Å²) in [6.45, 7) is -3.18. The van der Waals surface area contributed by atoms with Gasteiger partial charge in [-0.15, -0.1) is 0 Å². The number of hydrogen-bond donors (Lipinski definition) is 2. The zero-order valence-corrected chi connectivity index (χ0v) is 16.0. The fourth-order valence-electron chi connectivity index (χ4n) is 2.42. The monoisotopic (exact) mass is 426 g/mol. The highest BCUT2D eigenvalue weighted by Crippen LogP contribution is 2.36. The van der Waals surface area contributed by atoms with Gasteiger partial charge >= 0.3 is 6.61 Å². The molecule has 0 aliphatic carbocycles. The van der Waals surface area contributed by atoms with Crippen molar-refractivity contribution in [3.05, 3.63) is 42.6 Å². The van der Waals surface area contributed by atoms with Crippen LogP contribution in [0.3, 0.4) is 0 Å². The lowest BCUT2D eigenvalue weighted by molar-refractivity contribution is -0.0533. The van der Waals surface area contributed by atoms with Gasteiger partial charge < -0.3 is 19.2 Å². The highest BCUT2D eigenvalue weighted by atomic mass is 32.2. The number of aromatic nitrogens is 3. The number of nitrogens with zero attached hydrogens (tertiary/aromatic N) is 2. The number of benzene rings is 1. The van der Waals surface area contributed by atoms with Crippen LogP contribution in [0.15, 0.2) is 47.5 Å². The van der Waals surface area contributed by atoms with Crippen molar-refractivity contribution in [2.24, 2.45) is 0 Å². The summed E-state index contributed by atoms with van der Waals surface area (Å²) in [5, 5.41) is 0. The van der Waals surface area contributed by atoms with Crippen LogP contribution in [0.2, 0.25) is 0 Å². The summed E-state index contributed by atoms with van der Waals surface area (Å²) >= 11 is 0. The van der Waals surface area contributed by atoms with Crippen molar-refractivity contribution >= 4 is 16.0 Å². The minimum atomic E-state index is -4.09. The average molecular weight is 426 g/mol. The molecule has 2 N–H and O–H groups in total. The zero-order chi connectivity index (χ0) is 21.0. The van der Waals surface area contributed by atoms with Gasteiger partial charge in [0.1, 0.15) is 4.90 Å². The first kappa shape index (κ1) is 20.3. The third-order valence-electron chi connectivity index (χ3n) is 3.67. The van der Waals surface area contributed by atoms with Crippen LogP contribution < -0.4 is 18.9 Å². The largest absolute Gasteiger partial charge is 0.478 e. The van der Waals surface area contributed by atoms with Crippen LogP contribution in [0, 0.1) is 0 Å². The second kappa shape index (κ2) is 8.31. The van der Waals surface area contributed by atoms with Crippen LogP contribution in [-0.4, -0.2) is 44.2 Å². The van der Waals surface area contributed by atoms with E-state index in [0.29, 0.717) is 5.69 Å². The third kappa shape index (κ3) is 4.54. The lowest BCUT2D eigenvalue weighted by Gasteiger charge is -2.13. The molecule has 0 radical (unpaired) electrons. The van der Waals surface area contributed by atoms with E-state index in [2.05, 4.69) is 24.4 Å². The number of alkyl halides is 2. The lowest BCUT2D eigenvalue weighted by Crippen LogP contribution is -2.16. The second-order valence-electron chi connectivity index (χ2n) is 5.49. The number of nitrogens with one attached hydrogen (secondary N) is 2. The predicted octanol–water partition coefficient (Wildman–Crippen LogP) is 2.89. The zero-order valence-electron chi connectivity index (χ0n) is 15.2. The minimum Gasteiger partial charge on any atom is -0.478 e. The van der Waals surface area contributed by atoms with E-state index in [0.717, 1.165) is 19.8 Å². The van der Waals surface area contributed by atoms with E-state index in [1.807, 2.05) is 30.3 Å². The molecule has 0 aliphatic rings. The molecule has 1 aromatic carbocycles. The molecule has 0 atom stereocenters. The summed E-state index contributed by atoms with van der Waals surface area (Å²) in [5.41, 5.74) is 1.38. The molecule has 0 bridgehead atoms. The van der Waals surface area contributed by atoms with Gasteiger partial charge in [0.25, 0.3) is 21.8 Å². The Morgan fingerprint density at radius 2 is 1.69 bits per heavy atom. The normalized spacial score (nSPS) is 11.3. The summed E-state index contributed by atoms with van der Waals surface area (Å²) in [6.07, 6.45) is 1.30. The Bertz CT molecular complexity index is 1070. The van der Waals surface area contributed by atoms with Crippen molar-refractivity contribution in [3.63, 3.8) is 0 Å². The van der Waals surface area contributed by atoms with Crippen molar-refractivity contribution in [2.45, 2.75) is 11.5 Å². The Hall–Kier alpha value is -3.41. The number of sulfonamides is 1. The fourth-order valence-corrected chi connectivity index (χ4v) is 3.35. The van der Waals surface area contributed by atoms with Gasteiger partial charge in [0.15, 0.2) is 0 Å². The molecule has 12 heteroatoms. The van der Waals surface area contributed by atoms with Crippen LogP contribution in [0.5, 0.6) is 17.5 Å². The van der Waals surface area contributed by atoms with Crippen molar-refractivity contribution < 1.29 is 31.4 Å². The first-order chi connectivity index (χ1) is 13.8. The minimum absolute atomic E-state index is 0.0780. The van der Waals surface area contributed by atoms with Gasteiger partial charge in [0, 0.05) is 11.9 Å². The molecule has 0 saturated heterocycles. The predicted molar refractivity (Wildman–Crippen MR) is 98.8 cm³/mol. The number of aromatic amines is 1. The number of H-pyrrole nitrogens is 1. The summed E-state index contributed by atoms with van der Waals surface area (Å²) in [7, 11) is -1.79. The van der Waals surface area contributed by atoms with E-state index in [1.165, 1.54) is 12.3 Å². The van der Waals surface area contributed by atoms with Gasteiger partial charge in [0.05, 0.1) is 14.2 Å². The Labute approximate surface area is 164 Å². The number of anilines is 1. The average Bonchev–Trinajstić information content (AvgIpc) is 3.20. The van der Waals surface area contributed by atoms with Crippen LogP contribution >= 0.6 is 0 Å². The molecular weight excluding hydrogens is 410 g/mol. The van der Waals surface area contributed by atoms with Gasteiger partial charge in [-0.05, 0) is 11.6 Å². The molecule has 0 fully saturated rings. The summed E-state index contributed by atoms with van der Waals surface area (Å²) < 4.78 is 66.7. The molecule has 3 aromatic rings. The Kier molecular flexibility index (Phi) is 5.82. The van der Waals surface area contributed by atoms with Gasteiger partial charge in [-0.2, -0.15) is 18.7 Å². The molecule has 2 aromatic heterocycles. The molecule has 0 saturated carbocycles.